The zero-order chi connectivity index (χ0) is 18.7. The van der Waals surface area contributed by atoms with Gasteiger partial charge in [0.05, 0.1) is 23.7 Å². The van der Waals surface area contributed by atoms with Crippen LogP contribution in [0.1, 0.15) is 28.5 Å². The number of hydrogen-bond acceptors (Lipinski definition) is 4. The lowest BCUT2D eigenvalue weighted by Gasteiger charge is -2.12. The Kier molecular flexibility index (Phi) is 5.04. The molecule has 0 saturated carbocycles. The average Bonchev–Trinajstić information content (AvgIpc) is 2.97. The fourth-order valence-electron chi connectivity index (χ4n) is 2.93. The third kappa shape index (κ3) is 3.92. The maximum Gasteiger partial charge on any atom is 0.335 e. The molecule has 0 radical (unpaired) electrons. The monoisotopic (exact) mass is 352 g/mol. The number of carboxylic acids is 1. The first-order chi connectivity index (χ1) is 12.4. The van der Waals surface area contributed by atoms with Gasteiger partial charge in [-0.05, 0) is 36.8 Å². The summed E-state index contributed by atoms with van der Waals surface area (Å²) in [5.41, 5.74) is 3.24. The number of imidazole rings is 1. The van der Waals surface area contributed by atoms with Gasteiger partial charge in [0.15, 0.2) is 0 Å². The van der Waals surface area contributed by atoms with Gasteiger partial charge in [-0.15, -0.1) is 0 Å². The summed E-state index contributed by atoms with van der Waals surface area (Å²) in [6.45, 7) is 2.19. The smallest absolute Gasteiger partial charge is 0.335 e. The van der Waals surface area contributed by atoms with E-state index < -0.39 is 12.1 Å². The lowest BCUT2D eigenvalue weighted by molar-refractivity contribution is 0.0697. The molecule has 1 heterocycles. The number of aromatic carboxylic acids is 1. The van der Waals surface area contributed by atoms with Gasteiger partial charge in [0.2, 0.25) is 0 Å². The van der Waals surface area contributed by atoms with Gasteiger partial charge in [0, 0.05) is 24.2 Å². The van der Waals surface area contributed by atoms with E-state index in [-0.39, 0.29) is 11.3 Å². The first-order valence-corrected chi connectivity index (χ1v) is 8.27. The van der Waals surface area contributed by atoms with Crippen LogP contribution in [0.15, 0.2) is 54.9 Å². The first kappa shape index (κ1) is 17.7. The molecule has 0 aliphatic heterocycles. The van der Waals surface area contributed by atoms with Crippen LogP contribution in [0.5, 0.6) is 5.75 Å². The highest BCUT2D eigenvalue weighted by atomic mass is 16.4. The minimum Gasteiger partial charge on any atom is -0.508 e. The fourth-order valence-corrected chi connectivity index (χ4v) is 2.93. The average molecular weight is 352 g/mol. The minimum atomic E-state index is -0.997. The largest absolute Gasteiger partial charge is 0.508 e. The van der Waals surface area contributed by atoms with E-state index in [1.165, 1.54) is 6.07 Å². The summed E-state index contributed by atoms with van der Waals surface area (Å²) >= 11 is 0. The molecule has 1 aromatic heterocycles. The van der Waals surface area contributed by atoms with Crippen molar-refractivity contribution in [2.45, 2.75) is 26.0 Å². The second-order valence-electron chi connectivity index (χ2n) is 6.28. The summed E-state index contributed by atoms with van der Waals surface area (Å²) in [5, 5.41) is 28.8. The van der Waals surface area contributed by atoms with Crippen LogP contribution in [-0.4, -0.2) is 36.9 Å². The van der Waals surface area contributed by atoms with E-state index in [1.54, 1.807) is 49.6 Å². The van der Waals surface area contributed by atoms with Crippen molar-refractivity contribution in [2.24, 2.45) is 0 Å². The molecule has 3 aromatic rings. The van der Waals surface area contributed by atoms with E-state index in [0.717, 1.165) is 11.3 Å². The highest BCUT2D eigenvalue weighted by Crippen LogP contribution is 2.25. The molecule has 0 amide bonds. The van der Waals surface area contributed by atoms with Crippen molar-refractivity contribution in [1.29, 1.82) is 0 Å². The number of rotatable bonds is 6. The number of benzene rings is 2. The highest BCUT2D eigenvalue weighted by Gasteiger charge is 2.16. The molecule has 26 heavy (non-hydrogen) atoms. The van der Waals surface area contributed by atoms with Gasteiger partial charge in [-0.1, -0.05) is 24.3 Å². The zero-order valence-corrected chi connectivity index (χ0v) is 14.3. The number of aromatic nitrogens is 2. The summed E-state index contributed by atoms with van der Waals surface area (Å²) in [7, 11) is 0. The summed E-state index contributed by atoms with van der Waals surface area (Å²) < 4.78 is 1.91. The molecule has 134 valence electrons. The van der Waals surface area contributed by atoms with Gasteiger partial charge < -0.3 is 19.9 Å². The van der Waals surface area contributed by atoms with E-state index in [9.17, 15) is 20.1 Å². The topological polar surface area (TPSA) is 95.6 Å². The Balaban J connectivity index is 2.02. The van der Waals surface area contributed by atoms with Crippen molar-refractivity contribution in [3.05, 3.63) is 71.7 Å². The third-order valence-corrected chi connectivity index (χ3v) is 4.08. The van der Waals surface area contributed by atoms with E-state index in [1.807, 2.05) is 10.6 Å². The number of hydrogen-bond donors (Lipinski definition) is 3. The maximum absolute atomic E-state index is 11.2. The molecular weight excluding hydrogens is 332 g/mol. The lowest BCUT2D eigenvalue weighted by Crippen LogP contribution is -2.11. The standard InChI is InChI=1S/C20H20N2O4/c1-13(23)8-18-19(15-5-3-6-16(10-15)20(25)26)21-12-22(18)11-14-4-2-7-17(24)9-14/h2-7,9-10,12-13,23-24H,8,11H2,1H3,(H,25,26). The normalized spacial score (nSPS) is 12.1. The lowest BCUT2D eigenvalue weighted by atomic mass is 10.0. The molecule has 6 nitrogen and oxygen atoms in total. The van der Waals surface area contributed by atoms with Crippen LogP contribution in [0.4, 0.5) is 0 Å². The third-order valence-electron chi connectivity index (χ3n) is 4.08. The Morgan fingerprint density at radius 3 is 2.65 bits per heavy atom. The van der Waals surface area contributed by atoms with Crippen molar-refractivity contribution >= 4 is 5.97 Å². The predicted octanol–water partition coefficient (Wildman–Crippen LogP) is 2.93. The maximum atomic E-state index is 11.2. The molecule has 0 bridgehead atoms. The van der Waals surface area contributed by atoms with E-state index in [2.05, 4.69) is 4.98 Å². The number of phenolic OH excluding ortho intramolecular Hbond substituents is 1. The number of phenols is 1. The first-order valence-electron chi connectivity index (χ1n) is 8.27. The molecular formula is C20H20N2O4. The number of carboxylic acid groups (broad SMARTS) is 1. The van der Waals surface area contributed by atoms with Gasteiger partial charge >= 0.3 is 5.97 Å². The number of aliphatic hydroxyl groups excluding tert-OH is 1. The van der Waals surface area contributed by atoms with Crippen molar-refractivity contribution in [2.75, 3.05) is 0 Å². The summed E-state index contributed by atoms with van der Waals surface area (Å²) in [5.74, 6) is -0.808. The molecule has 0 spiro atoms. The van der Waals surface area contributed by atoms with Crippen LogP contribution in [0.2, 0.25) is 0 Å². The Labute approximate surface area is 151 Å². The van der Waals surface area contributed by atoms with E-state index in [4.69, 9.17) is 0 Å². The Bertz CT molecular complexity index is 931. The number of aromatic hydroxyl groups is 1. The van der Waals surface area contributed by atoms with Gasteiger partial charge in [-0.2, -0.15) is 0 Å². The highest BCUT2D eigenvalue weighted by molar-refractivity contribution is 5.89. The Morgan fingerprint density at radius 1 is 1.19 bits per heavy atom. The van der Waals surface area contributed by atoms with Gasteiger partial charge in [0.1, 0.15) is 5.75 Å². The molecule has 0 saturated heterocycles. The van der Waals surface area contributed by atoms with Gasteiger partial charge in [-0.3, -0.25) is 0 Å². The molecule has 3 N–H and O–H groups in total. The second-order valence-corrected chi connectivity index (χ2v) is 6.28. The van der Waals surface area contributed by atoms with Gasteiger partial charge in [0.25, 0.3) is 0 Å². The summed E-state index contributed by atoms with van der Waals surface area (Å²) in [4.78, 5) is 15.7. The minimum absolute atomic E-state index is 0.188. The number of nitrogens with zero attached hydrogens (tertiary/aromatic N) is 2. The van der Waals surface area contributed by atoms with Crippen LogP contribution in [0.3, 0.4) is 0 Å². The van der Waals surface area contributed by atoms with Crippen LogP contribution >= 0.6 is 0 Å². The van der Waals surface area contributed by atoms with Crippen molar-refractivity contribution in [3.8, 4) is 17.0 Å². The number of carbonyl (C=O) groups is 1. The van der Waals surface area contributed by atoms with Crippen LogP contribution in [0.25, 0.3) is 11.3 Å². The number of aliphatic hydroxyl groups is 1. The molecule has 0 fully saturated rings. The summed E-state index contributed by atoms with van der Waals surface area (Å²) in [6.07, 6.45) is 1.48. The molecule has 0 aliphatic carbocycles. The van der Waals surface area contributed by atoms with Crippen molar-refractivity contribution in [3.63, 3.8) is 0 Å². The zero-order valence-electron chi connectivity index (χ0n) is 14.3. The Morgan fingerprint density at radius 2 is 1.96 bits per heavy atom. The van der Waals surface area contributed by atoms with Crippen LogP contribution in [0, 0.1) is 0 Å². The van der Waals surface area contributed by atoms with Gasteiger partial charge in [-0.25, -0.2) is 9.78 Å². The van der Waals surface area contributed by atoms with Crippen molar-refractivity contribution < 1.29 is 20.1 Å². The van der Waals surface area contributed by atoms with Crippen molar-refractivity contribution in [1.82, 2.24) is 9.55 Å². The Hall–Kier alpha value is -3.12. The molecule has 6 heteroatoms. The van der Waals surface area contributed by atoms with Crippen LogP contribution < -0.4 is 0 Å². The molecule has 3 rings (SSSR count). The molecule has 0 aliphatic rings. The van der Waals surface area contributed by atoms with Crippen LogP contribution in [-0.2, 0) is 13.0 Å². The fraction of sp³-hybridized carbons (Fsp3) is 0.200. The van der Waals surface area contributed by atoms with E-state index >= 15 is 0 Å². The summed E-state index contributed by atoms with van der Waals surface area (Å²) in [6, 6.07) is 13.6. The predicted molar refractivity (Wildman–Crippen MR) is 97.2 cm³/mol. The van der Waals surface area contributed by atoms with E-state index in [0.29, 0.717) is 24.2 Å². The molecule has 1 unspecified atom stereocenters. The molecule has 1 atom stereocenters. The second kappa shape index (κ2) is 7.41. The quantitative estimate of drug-likeness (QED) is 0.634. The molecule has 2 aromatic carbocycles. The SMILES string of the molecule is CC(O)Cc1c(-c2cccc(C(=O)O)c2)ncn1Cc1cccc(O)c1.